The maximum atomic E-state index is 11.6. The Morgan fingerprint density at radius 3 is 2.32 bits per heavy atom. The van der Waals surface area contributed by atoms with Crippen molar-refractivity contribution in [3.8, 4) is 22.5 Å². The molecule has 4 aromatic carbocycles. The molecule has 0 bridgehead atoms. The molecule has 0 spiro atoms. The molecule has 0 aliphatic heterocycles. The van der Waals surface area contributed by atoms with Crippen molar-refractivity contribution in [1.82, 2.24) is 19.1 Å². The molecular formula is C31H26N4O2. The van der Waals surface area contributed by atoms with Gasteiger partial charge >= 0.3 is 5.97 Å². The van der Waals surface area contributed by atoms with Crippen LogP contribution >= 0.6 is 0 Å². The third-order valence-corrected chi connectivity index (χ3v) is 7.04. The van der Waals surface area contributed by atoms with Crippen LogP contribution in [0.5, 0.6) is 0 Å². The summed E-state index contributed by atoms with van der Waals surface area (Å²) in [7, 11) is 2.05. The number of hydrogen-bond acceptors (Lipinski definition) is 3. The van der Waals surface area contributed by atoms with E-state index in [4.69, 9.17) is 9.97 Å². The summed E-state index contributed by atoms with van der Waals surface area (Å²) < 4.78 is 4.37. The van der Waals surface area contributed by atoms with Crippen LogP contribution < -0.4 is 0 Å². The zero-order valence-electron chi connectivity index (χ0n) is 20.9. The van der Waals surface area contributed by atoms with Gasteiger partial charge in [0.2, 0.25) is 0 Å². The lowest BCUT2D eigenvalue weighted by molar-refractivity contribution is 0.0697. The molecule has 1 N–H and O–H groups in total. The fraction of sp³-hybridized carbons (Fsp3) is 0.129. The number of aromatic carboxylic acids is 1. The molecule has 0 radical (unpaired) electrons. The Bertz CT molecular complexity index is 1810. The number of hydrogen-bond donors (Lipinski definition) is 1. The number of para-hydroxylation sites is 2. The Morgan fingerprint density at radius 1 is 0.838 bits per heavy atom. The normalized spacial score (nSPS) is 11.4. The Kier molecular flexibility index (Phi) is 5.37. The number of rotatable bonds is 5. The van der Waals surface area contributed by atoms with E-state index in [1.807, 2.05) is 49.4 Å². The number of imidazole rings is 2. The van der Waals surface area contributed by atoms with E-state index in [0.29, 0.717) is 17.7 Å². The van der Waals surface area contributed by atoms with Gasteiger partial charge in [0.05, 0.1) is 27.6 Å². The standard InChI is InChI=1S/C31H26N4O2/c1-19-16-23(30-33-26-10-6-7-11-27(26)34(30)3)17-28-29(19)32-20(2)35(28)18-21-12-14-22(15-13-21)24-8-4-5-9-25(24)31(36)37/h4-17H,18H2,1-3H3,(H,36,37). The Hall–Kier alpha value is -4.71. The van der Waals surface area contributed by atoms with Crippen molar-refractivity contribution in [2.75, 3.05) is 0 Å². The van der Waals surface area contributed by atoms with E-state index < -0.39 is 5.97 Å². The minimum Gasteiger partial charge on any atom is -0.478 e. The first-order valence-electron chi connectivity index (χ1n) is 12.2. The molecule has 0 saturated carbocycles. The Labute approximate surface area is 214 Å². The van der Waals surface area contributed by atoms with Crippen LogP contribution in [0.4, 0.5) is 0 Å². The minimum absolute atomic E-state index is 0.302. The van der Waals surface area contributed by atoms with Gasteiger partial charge in [-0.1, -0.05) is 54.6 Å². The van der Waals surface area contributed by atoms with Gasteiger partial charge in [0.25, 0.3) is 0 Å². The van der Waals surface area contributed by atoms with Crippen molar-refractivity contribution in [2.24, 2.45) is 7.05 Å². The van der Waals surface area contributed by atoms with E-state index in [2.05, 4.69) is 53.4 Å². The predicted molar refractivity (Wildman–Crippen MR) is 147 cm³/mol. The van der Waals surface area contributed by atoms with Gasteiger partial charge in [0.15, 0.2) is 0 Å². The Morgan fingerprint density at radius 2 is 1.57 bits per heavy atom. The molecular weight excluding hydrogens is 460 g/mol. The first kappa shape index (κ1) is 22.7. The van der Waals surface area contributed by atoms with Crippen molar-refractivity contribution >= 4 is 28.0 Å². The van der Waals surface area contributed by atoms with Crippen LogP contribution in [0, 0.1) is 13.8 Å². The van der Waals surface area contributed by atoms with Crippen molar-refractivity contribution in [3.05, 3.63) is 107 Å². The van der Waals surface area contributed by atoms with Crippen molar-refractivity contribution < 1.29 is 9.90 Å². The SMILES string of the molecule is Cc1cc(-c2nc3ccccc3n2C)cc2c1nc(C)n2Cc1ccc(-c2ccccc2C(=O)O)cc1. The van der Waals surface area contributed by atoms with Gasteiger partial charge in [0, 0.05) is 19.2 Å². The molecule has 2 heterocycles. The topological polar surface area (TPSA) is 72.9 Å². The molecule has 0 saturated heterocycles. The lowest BCUT2D eigenvalue weighted by Gasteiger charge is -2.11. The second kappa shape index (κ2) is 8.75. The Balaban J connectivity index is 1.39. The van der Waals surface area contributed by atoms with Crippen molar-refractivity contribution in [3.63, 3.8) is 0 Å². The van der Waals surface area contributed by atoms with Gasteiger partial charge in [-0.15, -0.1) is 0 Å². The lowest BCUT2D eigenvalue weighted by Crippen LogP contribution is -2.03. The third kappa shape index (κ3) is 3.87. The molecule has 37 heavy (non-hydrogen) atoms. The van der Waals surface area contributed by atoms with E-state index in [-0.39, 0.29) is 0 Å². The van der Waals surface area contributed by atoms with Crippen LogP contribution in [0.15, 0.2) is 84.9 Å². The summed E-state index contributed by atoms with van der Waals surface area (Å²) in [5, 5.41) is 9.55. The summed E-state index contributed by atoms with van der Waals surface area (Å²) in [6.07, 6.45) is 0. The molecule has 6 nitrogen and oxygen atoms in total. The molecule has 0 fully saturated rings. The van der Waals surface area contributed by atoms with Crippen LogP contribution in [-0.4, -0.2) is 30.2 Å². The van der Waals surface area contributed by atoms with Crippen molar-refractivity contribution in [1.29, 1.82) is 0 Å². The molecule has 0 atom stereocenters. The minimum atomic E-state index is -0.924. The molecule has 182 valence electrons. The third-order valence-electron chi connectivity index (χ3n) is 7.04. The smallest absolute Gasteiger partial charge is 0.336 e. The maximum absolute atomic E-state index is 11.6. The molecule has 2 aromatic heterocycles. The second-order valence-corrected chi connectivity index (χ2v) is 9.44. The van der Waals surface area contributed by atoms with E-state index in [9.17, 15) is 9.90 Å². The highest BCUT2D eigenvalue weighted by Gasteiger charge is 2.16. The van der Waals surface area contributed by atoms with E-state index in [1.165, 1.54) is 0 Å². The average molecular weight is 487 g/mol. The number of aryl methyl sites for hydroxylation is 3. The first-order valence-corrected chi connectivity index (χ1v) is 12.2. The highest BCUT2D eigenvalue weighted by Crippen LogP contribution is 2.30. The van der Waals surface area contributed by atoms with Crippen LogP contribution in [0.25, 0.3) is 44.6 Å². The summed E-state index contributed by atoms with van der Waals surface area (Å²) in [4.78, 5) is 21.4. The fourth-order valence-electron chi connectivity index (χ4n) is 5.13. The van der Waals surface area contributed by atoms with Crippen LogP contribution in [0.3, 0.4) is 0 Å². The van der Waals surface area contributed by atoms with Crippen LogP contribution in [0.2, 0.25) is 0 Å². The number of fused-ring (bicyclic) bond motifs is 2. The molecule has 6 rings (SSSR count). The molecule has 0 amide bonds. The van der Waals surface area contributed by atoms with Gasteiger partial charge in [-0.25, -0.2) is 14.8 Å². The number of carbonyl (C=O) groups is 1. The van der Waals surface area contributed by atoms with Gasteiger partial charge in [0.1, 0.15) is 11.6 Å². The maximum Gasteiger partial charge on any atom is 0.336 e. The first-order chi connectivity index (χ1) is 17.9. The molecule has 0 aliphatic rings. The van der Waals surface area contributed by atoms with Gasteiger partial charge in [-0.3, -0.25) is 0 Å². The molecule has 6 heteroatoms. The fourth-order valence-corrected chi connectivity index (χ4v) is 5.13. The summed E-state index contributed by atoms with van der Waals surface area (Å²) in [6, 6.07) is 27.7. The van der Waals surface area contributed by atoms with Crippen molar-refractivity contribution in [2.45, 2.75) is 20.4 Å². The summed E-state index contributed by atoms with van der Waals surface area (Å²) in [6.45, 7) is 4.79. The quantitative estimate of drug-likeness (QED) is 0.297. The zero-order valence-corrected chi connectivity index (χ0v) is 20.9. The van der Waals surface area contributed by atoms with Crippen LogP contribution in [-0.2, 0) is 13.6 Å². The average Bonchev–Trinajstić information content (AvgIpc) is 3.41. The van der Waals surface area contributed by atoms with Crippen LogP contribution in [0.1, 0.15) is 27.3 Å². The van der Waals surface area contributed by atoms with Gasteiger partial charge < -0.3 is 14.2 Å². The number of carboxylic acid groups (broad SMARTS) is 1. The second-order valence-electron chi connectivity index (χ2n) is 9.44. The zero-order chi connectivity index (χ0) is 25.7. The number of aromatic nitrogens is 4. The lowest BCUT2D eigenvalue weighted by atomic mass is 9.99. The number of nitrogens with zero attached hydrogens (tertiary/aromatic N) is 4. The van der Waals surface area contributed by atoms with E-state index in [1.54, 1.807) is 12.1 Å². The summed E-state index contributed by atoms with van der Waals surface area (Å²) >= 11 is 0. The summed E-state index contributed by atoms with van der Waals surface area (Å²) in [5.41, 5.74) is 9.33. The predicted octanol–water partition coefficient (Wildman–Crippen LogP) is 6.62. The molecule has 6 aromatic rings. The van der Waals surface area contributed by atoms with Gasteiger partial charge in [-0.05, 0) is 66.4 Å². The van der Waals surface area contributed by atoms with E-state index >= 15 is 0 Å². The molecule has 0 aliphatic carbocycles. The van der Waals surface area contributed by atoms with E-state index in [0.717, 1.165) is 56.0 Å². The largest absolute Gasteiger partial charge is 0.478 e. The monoisotopic (exact) mass is 486 g/mol. The summed E-state index contributed by atoms with van der Waals surface area (Å²) in [5.74, 6) is 0.950. The number of benzene rings is 4. The molecule has 0 unspecified atom stereocenters. The number of carboxylic acids is 1. The highest BCUT2D eigenvalue weighted by molar-refractivity contribution is 5.96. The highest BCUT2D eigenvalue weighted by atomic mass is 16.4. The van der Waals surface area contributed by atoms with Gasteiger partial charge in [-0.2, -0.15) is 0 Å².